The molecule has 1 aromatic rings. The third kappa shape index (κ3) is 3.85. The first-order valence-corrected chi connectivity index (χ1v) is 6.25. The molecule has 1 aliphatic rings. The van der Waals surface area contributed by atoms with Crippen LogP contribution in [-0.4, -0.2) is 18.4 Å². The second kappa shape index (κ2) is 5.68. The molecule has 1 unspecified atom stereocenters. The molecule has 1 saturated carbocycles. The van der Waals surface area contributed by atoms with E-state index in [1.807, 2.05) is 0 Å². The van der Waals surface area contributed by atoms with Crippen molar-refractivity contribution in [1.82, 2.24) is 0 Å². The zero-order chi connectivity index (χ0) is 14.8. The Bertz CT molecular complexity index is 516. The molecule has 7 heteroatoms. The maximum absolute atomic E-state index is 13.3. The van der Waals surface area contributed by atoms with Crippen molar-refractivity contribution in [3.05, 3.63) is 29.8 Å². The first kappa shape index (κ1) is 14.6. The predicted molar refractivity (Wildman–Crippen MR) is 68.8 cm³/mol. The highest BCUT2D eigenvalue weighted by molar-refractivity contribution is 5.92. The van der Waals surface area contributed by atoms with E-state index < -0.39 is 17.6 Å². The number of rotatable bonds is 3. The number of guanidine groups is 1. The van der Waals surface area contributed by atoms with E-state index in [1.165, 1.54) is 0 Å². The van der Waals surface area contributed by atoms with Gasteiger partial charge in [0.2, 0.25) is 5.92 Å². The van der Waals surface area contributed by atoms with E-state index in [2.05, 4.69) is 10.3 Å². The lowest BCUT2D eigenvalue weighted by molar-refractivity contribution is 0.00542. The Morgan fingerprint density at radius 2 is 2.15 bits per heavy atom. The summed E-state index contributed by atoms with van der Waals surface area (Å²) in [5.41, 5.74) is 5.40. The molecule has 1 aliphatic carbocycles. The first-order valence-electron chi connectivity index (χ1n) is 6.25. The zero-order valence-corrected chi connectivity index (χ0v) is 10.7. The number of benzene rings is 1. The van der Waals surface area contributed by atoms with Crippen molar-refractivity contribution in [2.75, 3.05) is 11.9 Å². The van der Waals surface area contributed by atoms with E-state index in [0.717, 1.165) is 18.2 Å². The van der Waals surface area contributed by atoms with Gasteiger partial charge in [-0.1, -0.05) is 0 Å². The zero-order valence-electron chi connectivity index (χ0n) is 10.7. The highest BCUT2D eigenvalue weighted by atomic mass is 19.3. The SMILES string of the molecule is NC(=NCC1CCC(F)(F)C1)Nc1cc(F)ccc1F. The van der Waals surface area contributed by atoms with E-state index in [1.54, 1.807) is 0 Å². The molecule has 0 saturated heterocycles. The van der Waals surface area contributed by atoms with E-state index in [0.29, 0.717) is 6.42 Å². The second-order valence-electron chi connectivity index (χ2n) is 4.94. The van der Waals surface area contributed by atoms with Crippen LogP contribution in [0.4, 0.5) is 23.2 Å². The van der Waals surface area contributed by atoms with Gasteiger partial charge in [-0.2, -0.15) is 0 Å². The van der Waals surface area contributed by atoms with Crippen LogP contribution in [0.5, 0.6) is 0 Å². The average Bonchev–Trinajstić information content (AvgIpc) is 2.71. The molecule has 1 atom stereocenters. The number of alkyl halides is 2. The van der Waals surface area contributed by atoms with Gasteiger partial charge in [0.05, 0.1) is 5.69 Å². The summed E-state index contributed by atoms with van der Waals surface area (Å²) in [6.07, 6.45) is 0.0370. The van der Waals surface area contributed by atoms with Crippen molar-refractivity contribution in [2.45, 2.75) is 25.2 Å². The largest absolute Gasteiger partial charge is 0.370 e. The summed E-state index contributed by atoms with van der Waals surface area (Å²) >= 11 is 0. The van der Waals surface area contributed by atoms with Crippen molar-refractivity contribution in [1.29, 1.82) is 0 Å². The summed E-state index contributed by atoms with van der Waals surface area (Å²) in [5.74, 6) is -4.27. The Hall–Kier alpha value is -1.79. The van der Waals surface area contributed by atoms with Gasteiger partial charge >= 0.3 is 0 Å². The fraction of sp³-hybridized carbons (Fsp3) is 0.462. The average molecular weight is 289 g/mol. The smallest absolute Gasteiger partial charge is 0.248 e. The quantitative estimate of drug-likeness (QED) is 0.510. The van der Waals surface area contributed by atoms with Crippen LogP contribution in [0.2, 0.25) is 0 Å². The monoisotopic (exact) mass is 289 g/mol. The number of nitrogens with two attached hydrogens (primary N) is 1. The number of anilines is 1. The van der Waals surface area contributed by atoms with Crippen molar-refractivity contribution >= 4 is 11.6 Å². The number of nitrogens with one attached hydrogen (secondary N) is 1. The third-order valence-corrected chi connectivity index (χ3v) is 3.22. The van der Waals surface area contributed by atoms with Crippen molar-refractivity contribution < 1.29 is 17.6 Å². The van der Waals surface area contributed by atoms with E-state index in [9.17, 15) is 17.6 Å². The highest BCUT2D eigenvalue weighted by Gasteiger charge is 2.39. The molecular weight excluding hydrogens is 274 g/mol. The Morgan fingerprint density at radius 1 is 1.40 bits per heavy atom. The number of aliphatic imine (C=N–C) groups is 1. The van der Waals surface area contributed by atoms with E-state index in [4.69, 9.17) is 5.73 Å². The van der Waals surface area contributed by atoms with Crippen LogP contribution < -0.4 is 11.1 Å². The summed E-state index contributed by atoms with van der Waals surface area (Å²) in [4.78, 5) is 3.90. The molecule has 2 rings (SSSR count). The van der Waals surface area contributed by atoms with E-state index >= 15 is 0 Å². The summed E-state index contributed by atoms with van der Waals surface area (Å²) in [7, 11) is 0. The molecule has 0 aromatic heterocycles. The molecule has 0 spiro atoms. The number of halogens is 4. The molecule has 3 N–H and O–H groups in total. The van der Waals surface area contributed by atoms with Crippen LogP contribution >= 0.6 is 0 Å². The fourth-order valence-electron chi connectivity index (χ4n) is 2.20. The standard InChI is InChI=1S/C13H15F4N3/c14-9-1-2-10(15)11(5-9)20-12(18)19-7-8-3-4-13(16,17)6-8/h1-2,5,8H,3-4,6-7H2,(H3,18,19,20). The first-order chi connectivity index (χ1) is 9.35. The van der Waals surface area contributed by atoms with Crippen molar-refractivity contribution in [3.63, 3.8) is 0 Å². The Balaban J connectivity index is 1.93. The molecule has 0 radical (unpaired) electrons. The van der Waals surface area contributed by atoms with Gasteiger partial charge in [-0.05, 0) is 24.5 Å². The maximum atomic E-state index is 13.3. The van der Waals surface area contributed by atoms with Crippen LogP contribution in [0.25, 0.3) is 0 Å². The summed E-state index contributed by atoms with van der Waals surface area (Å²) in [6, 6.07) is 2.89. The number of hydrogen-bond acceptors (Lipinski definition) is 1. The molecule has 0 amide bonds. The molecule has 20 heavy (non-hydrogen) atoms. The normalized spacial score (nSPS) is 22.0. The molecule has 110 valence electrons. The van der Waals surface area contributed by atoms with Gasteiger partial charge in [0, 0.05) is 25.5 Å². The number of nitrogens with zero attached hydrogens (tertiary/aromatic N) is 1. The molecule has 1 fully saturated rings. The Labute approximate surface area is 113 Å². The summed E-state index contributed by atoms with van der Waals surface area (Å²) in [5, 5.41) is 2.42. The minimum absolute atomic E-state index is 0.121. The molecule has 0 bridgehead atoms. The molecular formula is C13H15F4N3. The summed E-state index contributed by atoms with van der Waals surface area (Å²) < 4.78 is 52.2. The number of hydrogen-bond donors (Lipinski definition) is 2. The minimum atomic E-state index is -2.63. The molecule has 0 aliphatic heterocycles. The predicted octanol–water partition coefficient (Wildman–Crippen LogP) is 3.13. The topological polar surface area (TPSA) is 50.4 Å². The maximum Gasteiger partial charge on any atom is 0.248 e. The third-order valence-electron chi connectivity index (χ3n) is 3.22. The van der Waals surface area contributed by atoms with Crippen LogP contribution in [0.3, 0.4) is 0 Å². The van der Waals surface area contributed by atoms with Crippen LogP contribution in [-0.2, 0) is 0 Å². The lowest BCUT2D eigenvalue weighted by atomic mass is 10.1. The lowest BCUT2D eigenvalue weighted by Crippen LogP contribution is -2.24. The molecule has 1 aromatic carbocycles. The Morgan fingerprint density at radius 3 is 2.80 bits per heavy atom. The van der Waals surface area contributed by atoms with Crippen LogP contribution in [0, 0.1) is 17.6 Å². The summed E-state index contributed by atoms with van der Waals surface area (Å²) in [6.45, 7) is 0.144. The van der Waals surface area contributed by atoms with Gasteiger partial charge in [-0.3, -0.25) is 4.99 Å². The van der Waals surface area contributed by atoms with Crippen LogP contribution in [0.1, 0.15) is 19.3 Å². The van der Waals surface area contributed by atoms with Crippen LogP contribution in [0.15, 0.2) is 23.2 Å². The highest BCUT2D eigenvalue weighted by Crippen LogP contribution is 2.38. The lowest BCUT2D eigenvalue weighted by Gasteiger charge is -2.10. The van der Waals surface area contributed by atoms with Crippen molar-refractivity contribution in [2.24, 2.45) is 16.6 Å². The Kier molecular flexibility index (Phi) is 4.15. The second-order valence-corrected chi connectivity index (χ2v) is 4.94. The van der Waals surface area contributed by atoms with Gasteiger partial charge < -0.3 is 11.1 Å². The molecule has 0 heterocycles. The van der Waals surface area contributed by atoms with Gasteiger partial charge in [0.1, 0.15) is 11.6 Å². The van der Waals surface area contributed by atoms with Gasteiger partial charge in [-0.25, -0.2) is 17.6 Å². The minimum Gasteiger partial charge on any atom is -0.370 e. The van der Waals surface area contributed by atoms with E-state index in [-0.39, 0.29) is 37.0 Å². The van der Waals surface area contributed by atoms with Gasteiger partial charge in [0.15, 0.2) is 5.96 Å². The molecule has 3 nitrogen and oxygen atoms in total. The van der Waals surface area contributed by atoms with Crippen molar-refractivity contribution in [3.8, 4) is 0 Å². The van der Waals surface area contributed by atoms with Gasteiger partial charge in [0.25, 0.3) is 0 Å². The van der Waals surface area contributed by atoms with Gasteiger partial charge in [-0.15, -0.1) is 0 Å². The fourth-order valence-corrected chi connectivity index (χ4v) is 2.20.